The van der Waals surface area contributed by atoms with Gasteiger partial charge in [-0.15, -0.1) is 0 Å². The fraction of sp³-hybridized carbons (Fsp3) is 0.360. The van der Waals surface area contributed by atoms with Gasteiger partial charge in [-0.1, -0.05) is 67.8 Å². The average Bonchev–Trinajstić information content (AvgIpc) is 2.84. The van der Waals surface area contributed by atoms with E-state index >= 15 is 0 Å². The van der Waals surface area contributed by atoms with Crippen LogP contribution in [0.2, 0.25) is 0 Å². The molecule has 0 spiro atoms. The van der Waals surface area contributed by atoms with Gasteiger partial charge in [0.15, 0.2) is 12.3 Å². The first-order chi connectivity index (χ1) is 15.5. The molecular formula is C25H27N3O4. The van der Waals surface area contributed by atoms with Crippen LogP contribution in [0.4, 0.5) is 0 Å². The Morgan fingerprint density at radius 2 is 1.66 bits per heavy atom. The number of carbonyl (C=O) groups excluding carboxylic acids is 2. The Kier molecular flexibility index (Phi) is 6.63. The van der Waals surface area contributed by atoms with E-state index in [1.165, 1.54) is 11.1 Å². The summed E-state index contributed by atoms with van der Waals surface area (Å²) in [4.78, 5) is 40.1. The molecule has 3 aromatic rings. The van der Waals surface area contributed by atoms with Crippen molar-refractivity contribution in [3.05, 3.63) is 76.2 Å². The summed E-state index contributed by atoms with van der Waals surface area (Å²) in [5.41, 5.74) is 0.638. The lowest BCUT2D eigenvalue weighted by Gasteiger charge is -2.31. The second kappa shape index (κ2) is 9.77. The first-order valence-corrected chi connectivity index (χ1v) is 11.0. The highest BCUT2D eigenvalue weighted by atomic mass is 16.5. The first kappa shape index (κ1) is 21.7. The Morgan fingerprint density at radius 1 is 1.00 bits per heavy atom. The van der Waals surface area contributed by atoms with Crippen molar-refractivity contribution in [2.45, 2.75) is 44.7 Å². The predicted octanol–water partition coefficient (Wildman–Crippen LogP) is 3.39. The fourth-order valence-electron chi connectivity index (χ4n) is 4.22. The van der Waals surface area contributed by atoms with Crippen molar-refractivity contribution >= 4 is 22.6 Å². The van der Waals surface area contributed by atoms with Gasteiger partial charge in [-0.25, -0.2) is 9.48 Å². The number of likely N-dealkylation sites (N-methyl/N-ethyl adjacent to an activating group) is 1. The quantitative estimate of drug-likeness (QED) is 0.557. The molecule has 1 aromatic heterocycles. The van der Waals surface area contributed by atoms with Crippen molar-refractivity contribution < 1.29 is 14.3 Å². The number of esters is 1. The zero-order valence-corrected chi connectivity index (χ0v) is 18.2. The molecule has 1 aliphatic rings. The Bertz CT molecular complexity index is 1170. The van der Waals surface area contributed by atoms with Crippen molar-refractivity contribution in [1.82, 2.24) is 14.7 Å². The van der Waals surface area contributed by atoms with Gasteiger partial charge in [-0.3, -0.25) is 9.59 Å². The fourth-order valence-corrected chi connectivity index (χ4v) is 4.22. The lowest BCUT2D eigenvalue weighted by molar-refractivity contribution is -0.135. The summed E-state index contributed by atoms with van der Waals surface area (Å²) >= 11 is 0. The molecule has 7 heteroatoms. The van der Waals surface area contributed by atoms with Crippen molar-refractivity contribution in [3.8, 4) is 0 Å². The highest BCUT2D eigenvalue weighted by Gasteiger charge is 2.24. The maximum Gasteiger partial charge on any atom is 0.359 e. The molecule has 1 heterocycles. The molecule has 0 radical (unpaired) electrons. The summed E-state index contributed by atoms with van der Waals surface area (Å²) < 4.78 is 6.62. The van der Waals surface area contributed by atoms with Crippen LogP contribution in [0.5, 0.6) is 0 Å². The molecule has 4 rings (SSSR count). The number of hydrogen-bond acceptors (Lipinski definition) is 5. The number of amides is 1. The summed E-state index contributed by atoms with van der Waals surface area (Å²) in [7, 11) is 1.76. The smallest absolute Gasteiger partial charge is 0.359 e. The molecule has 0 atom stereocenters. The van der Waals surface area contributed by atoms with Gasteiger partial charge < -0.3 is 9.64 Å². The van der Waals surface area contributed by atoms with E-state index in [1.54, 1.807) is 36.2 Å². The molecule has 0 aliphatic heterocycles. The van der Waals surface area contributed by atoms with Gasteiger partial charge in [-0.05, 0) is 24.5 Å². The molecule has 166 valence electrons. The zero-order chi connectivity index (χ0) is 22.5. The Labute approximate surface area is 186 Å². The lowest BCUT2D eigenvalue weighted by Crippen LogP contribution is -2.40. The van der Waals surface area contributed by atoms with E-state index in [9.17, 15) is 14.4 Å². The van der Waals surface area contributed by atoms with Gasteiger partial charge in [0.05, 0.1) is 11.9 Å². The Morgan fingerprint density at radius 3 is 2.38 bits per heavy atom. The van der Waals surface area contributed by atoms with E-state index in [0.29, 0.717) is 10.8 Å². The minimum absolute atomic E-state index is 0.0317. The monoisotopic (exact) mass is 433 g/mol. The van der Waals surface area contributed by atoms with Crippen LogP contribution in [-0.2, 0) is 16.1 Å². The summed E-state index contributed by atoms with van der Waals surface area (Å²) in [5.74, 6) is -0.944. The highest BCUT2D eigenvalue weighted by Crippen LogP contribution is 2.22. The van der Waals surface area contributed by atoms with Crippen LogP contribution in [-0.4, -0.2) is 46.3 Å². The van der Waals surface area contributed by atoms with Gasteiger partial charge in [0.1, 0.15) is 0 Å². The summed E-state index contributed by atoms with van der Waals surface area (Å²) in [5, 5.41) is 5.11. The van der Waals surface area contributed by atoms with Crippen LogP contribution in [0.1, 0.15) is 48.2 Å². The van der Waals surface area contributed by atoms with Gasteiger partial charge in [0, 0.05) is 18.5 Å². The lowest BCUT2D eigenvalue weighted by atomic mass is 9.94. The molecule has 7 nitrogen and oxygen atoms in total. The van der Waals surface area contributed by atoms with Gasteiger partial charge in [-0.2, -0.15) is 5.10 Å². The van der Waals surface area contributed by atoms with E-state index in [2.05, 4.69) is 5.10 Å². The third-order valence-corrected chi connectivity index (χ3v) is 6.08. The van der Waals surface area contributed by atoms with Crippen LogP contribution in [0.25, 0.3) is 10.8 Å². The van der Waals surface area contributed by atoms with E-state index in [-0.39, 0.29) is 36.4 Å². The summed E-state index contributed by atoms with van der Waals surface area (Å²) in [6.45, 7) is -0.117. The molecule has 0 unspecified atom stereocenters. The molecule has 0 N–H and O–H groups in total. The largest absolute Gasteiger partial charge is 0.451 e. The van der Waals surface area contributed by atoms with E-state index in [1.807, 2.05) is 30.3 Å². The third-order valence-electron chi connectivity index (χ3n) is 6.08. The number of ether oxygens (including phenoxy) is 1. The van der Waals surface area contributed by atoms with Gasteiger partial charge in [0.2, 0.25) is 0 Å². The molecule has 0 bridgehead atoms. The second-order valence-corrected chi connectivity index (χ2v) is 8.22. The Balaban J connectivity index is 1.55. The van der Waals surface area contributed by atoms with Crippen molar-refractivity contribution in [3.63, 3.8) is 0 Å². The molecule has 1 fully saturated rings. The molecule has 1 saturated carbocycles. The van der Waals surface area contributed by atoms with E-state index in [4.69, 9.17) is 4.74 Å². The molecule has 2 aromatic carbocycles. The van der Waals surface area contributed by atoms with Gasteiger partial charge in [0.25, 0.3) is 11.5 Å². The second-order valence-electron chi connectivity index (χ2n) is 8.22. The van der Waals surface area contributed by atoms with Crippen LogP contribution >= 0.6 is 0 Å². The summed E-state index contributed by atoms with van der Waals surface area (Å²) in [6, 6.07) is 16.4. The SMILES string of the molecule is CN(C(=O)COC(=O)c1nn(Cc2ccccc2)c(=O)c2ccccc12)C1CCCCC1. The maximum atomic E-state index is 12.9. The molecule has 0 saturated heterocycles. The standard InChI is InChI=1S/C25H27N3O4/c1-27(19-12-6-3-7-13-19)22(29)17-32-25(31)23-20-14-8-9-15-21(20)24(30)28(26-23)16-18-10-4-2-5-11-18/h2,4-5,8-11,14-15,19H,3,6-7,12-13,16-17H2,1H3. The Hall–Kier alpha value is -3.48. The topological polar surface area (TPSA) is 81.5 Å². The predicted molar refractivity (Wildman–Crippen MR) is 121 cm³/mol. The van der Waals surface area contributed by atoms with Crippen molar-refractivity contribution in [1.29, 1.82) is 0 Å². The average molecular weight is 434 g/mol. The zero-order valence-electron chi connectivity index (χ0n) is 18.2. The first-order valence-electron chi connectivity index (χ1n) is 11.0. The van der Waals surface area contributed by atoms with Crippen LogP contribution < -0.4 is 5.56 Å². The number of benzene rings is 2. The molecule has 1 amide bonds. The highest BCUT2D eigenvalue weighted by molar-refractivity contribution is 6.02. The van der Waals surface area contributed by atoms with Crippen LogP contribution in [0.15, 0.2) is 59.4 Å². The minimum atomic E-state index is -0.714. The number of carbonyl (C=O) groups is 2. The maximum absolute atomic E-state index is 12.9. The van der Waals surface area contributed by atoms with E-state index < -0.39 is 5.97 Å². The van der Waals surface area contributed by atoms with Crippen molar-refractivity contribution in [2.75, 3.05) is 13.7 Å². The number of rotatable bonds is 6. The van der Waals surface area contributed by atoms with Crippen LogP contribution in [0, 0.1) is 0 Å². The van der Waals surface area contributed by atoms with E-state index in [0.717, 1.165) is 31.2 Å². The minimum Gasteiger partial charge on any atom is -0.451 e. The van der Waals surface area contributed by atoms with Crippen molar-refractivity contribution in [2.24, 2.45) is 0 Å². The van der Waals surface area contributed by atoms with Gasteiger partial charge >= 0.3 is 5.97 Å². The number of hydrogen-bond donors (Lipinski definition) is 0. The normalized spacial score (nSPS) is 14.3. The third kappa shape index (κ3) is 4.72. The number of fused-ring (bicyclic) bond motifs is 1. The number of nitrogens with zero attached hydrogens (tertiary/aromatic N) is 3. The molecule has 32 heavy (non-hydrogen) atoms. The van der Waals surface area contributed by atoms with Crippen LogP contribution in [0.3, 0.4) is 0 Å². The molecular weight excluding hydrogens is 406 g/mol. The summed E-state index contributed by atoms with van der Waals surface area (Å²) in [6.07, 6.45) is 5.38. The molecule has 1 aliphatic carbocycles. The number of aromatic nitrogens is 2.